The average molecular weight is 597 g/mol. The normalized spacial score (nSPS) is 11.8. The Labute approximate surface area is 271 Å². The van der Waals surface area contributed by atoms with Crippen molar-refractivity contribution in [2.75, 3.05) is 0 Å². The summed E-state index contributed by atoms with van der Waals surface area (Å²) in [6.45, 7) is 0. The SMILES string of the molecule is c1ccc(-c2c3ccccc3c(-c3cccc4oc5c(-c6cccc7ccccc67)c6ccccc6cc5c34)c3ccccc23)cc1. The largest absolute Gasteiger partial charge is 0.455 e. The van der Waals surface area contributed by atoms with Crippen LogP contribution in [0.1, 0.15) is 0 Å². The third-order valence-corrected chi connectivity index (χ3v) is 9.83. The van der Waals surface area contributed by atoms with Crippen LogP contribution in [0.3, 0.4) is 0 Å². The molecular weight excluding hydrogens is 569 g/mol. The fraction of sp³-hybridized carbons (Fsp3) is 0. The Kier molecular flexibility index (Phi) is 5.64. The lowest BCUT2D eigenvalue weighted by Crippen LogP contribution is -1.91. The molecule has 0 aliphatic carbocycles. The van der Waals surface area contributed by atoms with Crippen molar-refractivity contribution < 1.29 is 4.42 Å². The van der Waals surface area contributed by atoms with Crippen molar-refractivity contribution in [1.29, 1.82) is 0 Å². The van der Waals surface area contributed by atoms with Crippen LogP contribution in [0.4, 0.5) is 0 Å². The van der Waals surface area contributed by atoms with E-state index in [0.29, 0.717) is 0 Å². The Balaban J connectivity index is 1.38. The number of furan rings is 1. The molecule has 0 unspecified atom stereocenters. The van der Waals surface area contributed by atoms with Crippen LogP contribution in [0, 0.1) is 0 Å². The predicted octanol–water partition coefficient (Wildman–Crippen LogP) is 13.2. The van der Waals surface area contributed by atoms with Gasteiger partial charge in [0.1, 0.15) is 11.2 Å². The highest BCUT2D eigenvalue weighted by Gasteiger charge is 2.23. The van der Waals surface area contributed by atoms with Crippen LogP contribution in [0.2, 0.25) is 0 Å². The Morgan fingerprint density at radius 2 is 0.851 bits per heavy atom. The first-order valence-corrected chi connectivity index (χ1v) is 16.2. The molecule has 0 fully saturated rings. The Morgan fingerprint density at radius 1 is 0.319 bits per heavy atom. The molecule has 0 atom stereocenters. The third kappa shape index (κ3) is 3.84. The van der Waals surface area contributed by atoms with E-state index < -0.39 is 0 Å². The highest BCUT2D eigenvalue weighted by molar-refractivity contribution is 6.28. The minimum atomic E-state index is 0.898. The molecule has 0 aliphatic rings. The lowest BCUT2D eigenvalue weighted by molar-refractivity contribution is 0.670. The average Bonchev–Trinajstić information content (AvgIpc) is 3.51. The van der Waals surface area contributed by atoms with Gasteiger partial charge in [0.15, 0.2) is 0 Å². The molecular formula is C46H28O. The van der Waals surface area contributed by atoms with E-state index >= 15 is 0 Å². The van der Waals surface area contributed by atoms with E-state index in [4.69, 9.17) is 4.42 Å². The summed E-state index contributed by atoms with van der Waals surface area (Å²) in [6.07, 6.45) is 0. The first-order valence-electron chi connectivity index (χ1n) is 16.2. The first-order chi connectivity index (χ1) is 23.3. The maximum atomic E-state index is 6.97. The summed E-state index contributed by atoms with van der Waals surface area (Å²) in [4.78, 5) is 0. The number of rotatable bonds is 3. The van der Waals surface area contributed by atoms with Crippen LogP contribution in [0.25, 0.3) is 98.4 Å². The number of fused-ring (bicyclic) bond motifs is 7. The van der Waals surface area contributed by atoms with Gasteiger partial charge in [-0.2, -0.15) is 0 Å². The molecule has 0 N–H and O–H groups in total. The van der Waals surface area contributed by atoms with E-state index in [2.05, 4.69) is 170 Å². The lowest BCUT2D eigenvalue weighted by atomic mass is 9.84. The molecule has 10 aromatic rings. The van der Waals surface area contributed by atoms with Gasteiger partial charge in [-0.15, -0.1) is 0 Å². The quantitative estimate of drug-likeness (QED) is 0.185. The molecule has 0 bridgehead atoms. The molecule has 0 amide bonds. The van der Waals surface area contributed by atoms with Gasteiger partial charge >= 0.3 is 0 Å². The van der Waals surface area contributed by atoms with Gasteiger partial charge in [-0.3, -0.25) is 0 Å². The van der Waals surface area contributed by atoms with Crippen molar-refractivity contribution in [3.8, 4) is 33.4 Å². The number of hydrogen-bond donors (Lipinski definition) is 0. The van der Waals surface area contributed by atoms with Crippen LogP contribution < -0.4 is 0 Å². The van der Waals surface area contributed by atoms with Gasteiger partial charge in [0.25, 0.3) is 0 Å². The van der Waals surface area contributed by atoms with Crippen molar-refractivity contribution >= 4 is 65.0 Å². The van der Waals surface area contributed by atoms with E-state index in [0.717, 1.165) is 27.5 Å². The molecule has 218 valence electrons. The standard InChI is InChI=1S/C46H28O/c1-2-15-30(16-3-1)42-35-21-8-10-23-37(35)43(38-24-11-9-22-36(38)42)39-26-13-27-41-44(39)40-28-31-17-5-7-20-33(31)45(46(40)47-41)34-25-12-18-29-14-4-6-19-32(29)34/h1-28H. The zero-order valence-corrected chi connectivity index (χ0v) is 25.6. The number of hydrogen-bond acceptors (Lipinski definition) is 1. The zero-order chi connectivity index (χ0) is 30.9. The van der Waals surface area contributed by atoms with E-state index in [9.17, 15) is 0 Å². The molecule has 1 heterocycles. The van der Waals surface area contributed by atoms with Crippen molar-refractivity contribution in [1.82, 2.24) is 0 Å². The van der Waals surface area contributed by atoms with Crippen molar-refractivity contribution in [2.45, 2.75) is 0 Å². The molecule has 47 heavy (non-hydrogen) atoms. The minimum absolute atomic E-state index is 0.898. The van der Waals surface area contributed by atoms with Crippen LogP contribution in [-0.2, 0) is 0 Å². The molecule has 0 aliphatic heterocycles. The van der Waals surface area contributed by atoms with Gasteiger partial charge < -0.3 is 4.42 Å². The summed E-state index contributed by atoms with van der Waals surface area (Å²) < 4.78 is 6.97. The summed E-state index contributed by atoms with van der Waals surface area (Å²) in [7, 11) is 0. The smallest absolute Gasteiger partial charge is 0.143 e. The molecule has 1 nitrogen and oxygen atoms in total. The van der Waals surface area contributed by atoms with Gasteiger partial charge in [0.05, 0.1) is 0 Å². The van der Waals surface area contributed by atoms with E-state index in [-0.39, 0.29) is 0 Å². The highest BCUT2D eigenvalue weighted by Crippen LogP contribution is 2.49. The van der Waals surface area contributed by atoms with E-state index in [1.807, 2.05) is 0 Å². The lowest BCUT2D eigenvalue weighted by Gasteiger charge is -2.18. The topological polar surface area (TPSA) is 13.1 Å². The second kappa shape index (κ2) is 10.2. The summed E-state index contributed by atoms with van der Waals surface area (Å²) in [5.74, 6) is 0. The Morgan fingerprint density at radius 3 is 1.57 bits per heavy atom. The van der Waals surface area contributed by atoms with Crippen LogP contribution in [0.5, 0.6) is 0 Å². The van der Waals surface area contributed by atoms with Gasteiger partial charge in [-0.25, -0.2) is 0 Å². The second-order valence-electron chi connectivity index (χ2n) is 12.4. The van der Waals surface area contributed by atoms with Gasteiger partial charge in [-0.1, -0.05) is 158 Å². The van der Waals surface area contributed by atoms with Crippen LogP contribution >= 0.6 is 0 Å². The van der Waals surface area contributed by atoms with E-state index in [1.54, 1.807) is 0 Å². The Bertz CT molecular complexity index is 2780. The Hall–Kier alpha value is -6.18. The van der Waals surface area contributed by atoms with Crippen molar-refractivity contribution in [2.24, 2.45) is 0 Å². The van der Waals surface area contributed by atoms with Crippen LogP contribution in [0.15, 0.2) is 174 Å². The maximum absolute atomic E-state index is 6.97. The molecule has 9 aromatic carbocycles. The van der Waals surface area contributed by atoms with Crippen LogP contribution in [-0.4, -0.2) is 0 Å². The van der Waals surface area contributed by atoms with Crippen molar-refractivity contribution in [3.05, 3.63) is 170 Å². The molecule has 0 saturated carbocycles. The summed E-state index contributed by atoms with van der Waals surface area (Å²) >= 11 is 0. The third-order valence-electron chi connectivity index (χ3n) is 9.83. The fourth-order valence-electron chi connectivity index (χ4n) is 7.88. The molecule has 0 spiro atoms. The fourth-order valence-corrected chi connectivity index (χ4v) is 7.88. The zero-order valence-electron chi connectivity index (χ0n) is 25.6. The first kappa shape index (κ1) is 26.1. The summed E-state index contributed by atoms with van der Waals surface area (Å²) in [5.41, 5.74) is 9.08. The summed E-state index contributed by atoms with van der Waals surface area (Å²) in [6, 6.07) is 61.3. The monoisotopic (exact) mass is 596 g/mol. The second-order valence-corrected chi connectivity index (χ2v) is 12.4. The minimum Gasteiger partial charge on any atom is -0.455 e. The highest BCUT2D eigenvalue weighted by atomic mass is 16.3. The van der Waals surface area contributed by atoms with Gasteiger partial charge in [0.2, 0.25) is 0 Å². The van der Waals surface area contributed by atoms with E-state index in [1.165, 1.54) is 70.9 Å². The molecule has 1 aromatic heterocycles. The van der Waals surface area contributed by atoms with Gasteiger partial charge in [0, 0.05) is 16.3 Å². The molecule has 0 radical (unpaired) electrons. The molecule has 0 saturated heterocycles. The number of benzene rings is 9. The van der Waals surface area contributed by atoms with Gasteiger partial charge in [-0.05, 0) is 83.0 Å². The molecule has 1 heteroatoms. The van der Waals surface area contributed by atoms with Crippen molar-refractivity contribution in [3.63, 3.8) is 0 Å². The predicted molar refractivity (Wildman–Crippen MR) is 200 cm³/mol. The summed E-state index contributed by atoms with van der Waals surface area (Å²) in [5, 5.41) is 12.1. The maximum Gasteiger partial charge on any atom is 0.143 e. The molecule has 10 rings (SSSR count).